The molecule has 0 heterocycles. The second-order valence-corrected chi connectivity index (χ2v) is 4.49. The van der Waals surface area contributed by atoms with Gasteiger partial charge in [-0.1, -0.05) is 44.1 Å². The minimum atomic E-state index is -0.413. The molecule has 0 aromatic carbocycles. The monoisotopic (exact) mass is 250 g/mol. The summed E-state index contributed by atoms with van der Waals surface area (Å²) in [5, 5.41) is 9.22. The minimum absolute atomic E-state index is 0.152. The number of hydrogen-bond donors (Lipinski definition) is 1. The van der Waals surface area contributed by atoms with Gasteiger partial charge >= 0.3 is 0 Å². The summed E-state index contributed by atoms with van der Waals surface area (Å²) >= 11 is 0. The third kappa shape index (κ3) is 11.3. The van der Waals surface area contributed by atoms with Crippen LogP contribution in [-0.4, -0.2) is 17.0 Å². The van der Waals surface area contributed by atoms with Gasteiger partial charge in [-0.05, 0) is 31.8 Å². The molecule has 0 unspecified atom stereocenters. The molecule has 0 amide bonds. The van der Waals surface area contributed by atoms with E-state index >= 15 is 0 Å². The van der Waals surface area contributed by atoms with Gasteiger partial charge in [0.25, 0.3) is 0 Å². The van der Waals surface area contributed by atoms with Crippen LogP contribution >= 0.6 is 0 Å². The Labute approximate surface area is 111 Å². The van der Waals surface area contributed by atoms with Gasteiger partial charge < -0.3 is 5.11 Å². The van der Waals surface area contributed by atoms with Crippen LogP contribution in [0.3, 0.4) is 0 Å². The molecule has 18 heavy (non-hydrogen) atoms. The molecule has 0 aromatic heterocycles. The minimum Gasteiger partial charge on any atom is -0.389 e. The smallest absolute Gasteiger partial charge is 0.155 e. The summed E-state index contributed by atoms with van der Waals surface area (Å²) in [5.41, 5.74) is 0. The zero-order valence-electron chi connectivity index (χ0n) is 11.3. The van der Waals surface area contributed by atoms with Crippen molar-refractivity contribution in [3.05, 3.63) is 37.5 Å². The first-order chi connectivity index (χ1) is 8.70. The summed E-state index contributed by atoms with van der Waals surface area (Å²) < 4.78 is 0. The maximum absolute atomic E-state index is 10.9. The number of aliphatic hydroxyl groups is 1. The topological polar surface area (TPSA) is 37.3 Å². The molecular formula is C16H26O2. The van der Waals surface area contributed by atoms with Crippen LogP contribution in [0.2, 0.25) is 0 Å². The molecule has 0 aliphatic heterocycles. The van der Waals surface area contributed by atoms with E-state index in [4.69, 9.17) is 0 Å². The van der Waals surface area contributed by atoms with Crippen LogP contribution < -0.4 is 0 Å². The summed E-state index contributed by atoms with van der Waals surface area (Å²) in [6, 6.07) is 0. The van der Waals surface area contributed by atoms with Gasteiger partial charge in [-0.25, -0.2) is 0 Å². The van der Waals surface area contributed by atoms with Crippen molar-refractivity contribution in [2.45, 2.75) is 57.5 Å². The van der Waals surface area contributed by atoms with Gasteiger partial charge in [0.2, 0.25) is 0 Å². The summed E-state index contributed by atoms with van der Waals surface area (Å²) in [7, 11) is 0. The van der Waals surface area contributed by atoms with E-state index in [9.17, 15) is 9.90 Å². The summed E-state index contributed by atoms with van der Waals surface area (Å²) in [6.45, 7) is 6.98. The van der Waals surface area contributed by atoms with E-state index in [1.54, 1.807) is 6.08 Å². The molecule has 0 saturated heterocycles. The van der Waals surface area contributed by atoms with Crippen molar-refractivity contribution in [1.82, 2.24) is 0 Å². The number of unbranched alkanes of at least 4 members (excludes halogenated alkanes) is 5. The Morgan fingerprint density at radius 1 is 1.06 bits per heavy atom. The quantitative estimate of drug-likeness (QED) is 0.323. The van der Waals surface area contributed by atoms with Gasteiger partial charge in [-0.2, -0.15) is 0 Å². The number of allylic oxidation sites excluding steroid dienone is 2. The van der Waals surface area contributed by atoms with Crippen molar-refractivity contribution in [2.24, 2.45) is 0 Å². The van der Waals surface area contributed by atoms with Crippen LogP contribution in [0.4, 0.5) is 0 Å². The summed E-state index contributed by atoms with van der Waals surface area (Å²) in [4.78, 5) is 10.9. The third-order valence-corrected chi connectivity index (χ3v) is 2.84. The van der Waals surface area contributed by atoms with E-state index in [2.05, 4.69) is 19.2 Å². The molecule has 0 bridgehead atoms. The standard InChI is InChI=1S/C16H26O2/c1-3-15(17)13-11-9-7-5-6-8-10-12-14-16(18)4-2/h3-4,9,11,15,17H,1-2,5-8,10,12-14H2/t15-/m0/s1. The van der Waals surface area contributed by atoms with Gasteiger partial charge in [0.1, 0.15) is 0 Å². The maximum atomic E-state index is 10.9. The molecule has 102 valence electrons. The fourth-order valence-corrected chi connectivity index (χ4v) is 1.64. The SMILES string of the molecule is C=CC(=O)CCCCCCCC=CC[C@@H](O)C=C. The zero-order chi connectivity index (χ0) is 13.6. The maximum Gasteiger partial charge on any atom is 0.155 e. The molecule has 0 spiro atoms. The molecule has 0 radical (unpaired) electrons. The van der Waals surface area contributed by atoms with Crippen molar-refractivity contribution in [3.63, 3.8) is 0 Å². The van der Waals surface area contributed by atoms with Gasteiger partial charge in [0.15, 0.2) is 5.78 Å². The Kier molecular flexibility index (Phi) is 11.5. The van der Waals surface area contributed by atoms with Gasteiger partial charge in [0.05, 0.1) is 6.10 Å². The van der Waals surface area contributed by atoms with E-state index in [0.29, 0.717) is 12.8 Å². The molecule has 1 atom stereocenters. The zero-order valence-corrected chi connectivity index (χ0v) is 11.3. The van der Waals surface area contributed by atoms with Crippen LogP contribution in [0.25, 0.3) is 0 Å². The van der Waals surface area contributed by atoms with E-state index < -0.39 is 6.10 Å². The fraction of sp³-hybridized carbons (Fsp3) is 0.562. The highest BCUT2D eigenvalue weighted by atomic mass is 16.3. The van der Waals surface area contributed by atoms with Crippen molar-refractivity contribution in [2.75, 3.05) is 0 Å². The van der Waals surface area contributed by atoms with Crippen molar-refractivity contribution in [1.29, 1.82) is 0 Å². The lowest BCUT2D eigenvalue weighted by Crippen LogP contribution is -1.97. The van der Waals surface area contributed by atoms with Crippen LogP contribution in [0.15, 0.2) is 37.5 Å². The Bertz CT molecular complexity index is 266. The van der Waals surface area contributed by atoms with Crippen molar-refractivity contribution >= 4 is 5.78 Å². The highest BCUT2D eigenvalue weighted by Gasteiger charge is 1.95. The van der Waals surface area contributed by atoms with E-state index in [0.717, 1.165) is 19.3 Å². The third-order valence-electron chi connectivity index (χ3n) is 2.84. The lowest BCUT2D eigenvalue weighted by atomic mass is 10.1. The van der Waals surface area contributed by atoms with Gasteiger partial charge in [-0.15, -0.1) is 6.58 Å². The molecule has 2 heteroatoms. The molecule has 2 nitrogen and oxygen atoms in total. The Hall–Kier alpha value is -1.15. The molecule has 0 aromatic rings. The average molecular weight is 250 g/mol. The average Bonchev–Trinajstić information content (AvgIpc) is 2.40. The van der Waals surface area contributed by atoms with Gasteiger partial charge in [0, 0.05) is 6.42 Å². The van der Waals surface area contributed by atoms with Crippen LogP contribution in [0, 0.1) is 0 Å². The van der Waals surface area contributed by atoms with Crippen LogP contribution in [0.1, 0.15) is 51.4 Å². The summed E-state index contributed by atoms with van der Waals surface area (Å²) in [6.07, 6.45) is 14.7. The number of aliphatic hydroxyl groups excluding tert-OH is 1. The molecule has 0 rings (SSSR count). The Morgan fingerprint density at radius 2 is 1.72 bits per heavy atom. The number of rotatable bonds is 12. The van der Waals surface area contributed by atoms with Crippen molar-refractivity contribution < 1.29 is 9.90 Å². The van der Waals surface area contributed by atoms with E-state index in [1.807, 2.05) is 6.08 Å². The molecule has 0 fully saturated rings. The lowest BCUT2D eigenvalue weighted by molar-refractivity contribution is -0.114. The predicted molar refractivity (Wildman–Crippen MR) is 77.5 cm³/mol. The summed E-state index contributed by atoms with van der Waals surface area (Å²) in [5.74, 6) is 0.152. The van der Waals surface area contributed by atoms with Crippen LogP contribution in [-0.2, 0) is 4.79 Å². The predicted octanol–water partition coefficient (Wildman–Crippen LogP) is 3.97. The first kappa shape index (κ1) is 16.9. The Balaban J connectivity index is 3.23. The highest BCUT2D eigenvalue weighted by molar-refractivity contribution is 5.88. The Morgan fingerprint density at radius 3 is 2.39 bits per heavy atom. The second-order valence-electron chi connectivity index (χ2n) is 4.49. The second kappa shape index (κ2) is 12.3. The highest BCUT2D eigenvalue weighted by Crippen LogP contribution is 2.08. The first-order valence-corrected chi connectivity index (χ1v) is 6.81. The molecule has 0 aliphatic rings. The number of carbonyl (C=O) groups is 1. The fourth-order valence-electron chi connectivity index (χ4n) is 1.64. The number of ketones is 1. The van der Waals surface area contributed by atoms with E-state index in [-0.39, 0.29) is 5.78 Å². The largest absolute Gasteiger partial charge is 0.389 e. The molecule has 0 aliphatic carbocycles. The van der Waals surface area contributed by atoms with Crippen LogP contribution in [0.5, 0.6) is 0 Å². The van der Waals surface area contributed by atoms with Crippen molar-refractivity contribution in [3.8, 4) is 0 Å². The molecule has 0 saturated carbocycles. The van der Waals surface area contributed by atoms with E-state index in [1.165, 1.54) is 25.3 Å². The first-order valence-electron chi connectivity index (χ1n) is 6.81. The lowest BCUT2D eigenvalue weighted by Gasteiger charge is -2.00. The van der Waals surface area contributed by atoms with Gasteiger partial charge in [-0.3, -0.25) is 4.79 Å². The number of carbonyl (C=O) groups excluding carboxylic acids is 1. The number of hydrogen-bond acceptors (Lipinski definition) is 2. The molecular weight excluding hydrogens is 224 g/mol. The normalized spacial score (nSPS) is 12.5. The molecule has 1 N–H and O–H groups in total.